The van der Waals surface area contributed by atoms with Crippen LogP contribution in [0, 0.1) is 12.3 Å². The fourth-order valence-corrected chi connectivity index (χ4v) is 4.84. The highest BCUT2D eigenvalue weighted by Gasteiger charge is 2.17. The summed E-state index contributed by atoms with van der Waals surface area (Å²) in [4.78, 5) is 20.4. The van der Waals surface area contributed by atoms with Crippen molar-refractivity contribution in [2.45, 2.75) is 27.7 Å². The van der Waals surface area contributed by atoms with Gasteiger partial charge in [-0.25, -0.2) is 9.79 Å². The van der Waals surface area contributed by atoms with Gasteiger partial charge in [-0.2, -0.15) is 0 Å². The first-order valence-electron chi connectivity index (χ1n) is 14.3. The number of hydrogen-bond acceptors (Lipinski definition) is 5. The third-order valence-electron chi connectivity index (χ3n) is 7.39. The van der Waals surface area contributed by atoms with Crippen molar-refractivity contribution in [2.75, 3.05) is 36.5 Å². The van der Waals surface area contributed by atoms with Gasteiger partial charge in [0.05, 0.1) is 24.6 Å². The average molecular weight is 562 g/mol. The Morgan fingerprint density at radius 1 is 0.929 bits per heavy atom. The molecule has 1 saturated heterocycles. The van der Waals surface area contributed by atoms with Crippen molar-refractivity contribution in [1.82, 2.24) is 5.32 Å². The third kappa shape index (κ3) is 6.98. The second-order valence-electron chi connectivity index (χ2n) is 11.6. The quantitative estimate of drug-likeness (QED) is 0.175. The molecule has 1 aliphatic heterocycles. The zero-order valence-corrected chi connectivity index (χ0v) is 24.8. The van der Waals surface area contributed by atoms with Crippen LogP contribution in [0.25, 0.3) is 21.9 Å². The van der Waals surface area contributed by atoms with Crippen LogP contribution in [-0.2, 0) is 4.74 Å². The standard InChI is InChI=1S/C35H39N5O2/c1-24-12-14-26(15-13-24)37-33(23-32(36)35(2,3)4)39-34(41)38-31-17-16-28(29-10-5-6-11-30(29)31)25-8-7-9-27(22-25)40-18-20-42-21-19-40/h5-17,22-23H,18-21,36H2,1-4H3,(H2,37,38,39,41)/b32-23-. The zero-order chi connectivity index (χ0) is 29.7. The van der Waals surface area contributed by atoms with Crippen molar-refractivity contribution < 1.29 is 9.53 Å². The Bertz CT molecular complexity index is 1630. The number of nitrogens with one attached hydrogen (secondary N) is 2. The first-order chi connectivity index (χ1) is 20.2. The lowest BCUT2D eigenvalue weighted by atomic mass is 9.92. The number of carbonyl (C=O) groups is 1. The van der Waals surface area contributed by atoms with Crippen LogP contribution in [0.4, 0.5) is 21.9 Å². The van der Waals surface area contributed by atoms with Crippen molar-refractivity contribution in [3.05, 3.63) is 102 Å². The summed E-state index contributed by atoms with van der Waals surface area (Å²) in [7, 11) is 0. The molecule has 42 heavy (non-hydrogen) atoms. The molecule has 7 heteroatoms. The minimum atomic E-state index is -0.397. The van der Waals surface area contributed by atoms with Crippen LogP contribution in [0.15, 0.2) is 102 Å². The highest BCUT2D eigenvalue weighted by molar-refractivity contribution is 6.12. The van der Waals surface area contributed by atoms with Gasteiger partial charge in [0.1, 0.15) is 5.84 Å². The number of nitrogens with two attached hydrogens (primary N) is 1. The summed E-state index contributed by atoms with van der Waals surface area (Å²) in [5.74, 6) is 0.365. The van der Waals surface area contributed by atoms with E-state index in [4.69, 9.17) is 10.5 Å². The number of anilines is 2. The summed E-state index contributed by atoms with van der Waals surface area (Å²) in [5, 5.41) is 7.96. The largest absolute Gasteiger partial charge is 0.401 e. The Hall–Kier alpha value is -4.62. The molecule has 1 heterocycles. The van der Waals surface area contributed by atoms with E-state index in [0.717, 1.165) is 59.5 Å². The van der Waals surface area contributed by atoms with Crippen LogP contribution in [0.5, 0.6) is 0 Å². The number of allylic oxidation sites excluding steroid dienone is 1. The highest BCUT2D eigenvalue weighted by Crippen LogP contribution is 2.35. The lowest BCUT2D eigenvalue weighted by molar-refractivity contribution is 0.122. The first kappa shape index (κ1) is 28.9. The second-order valence-corrected chi connectivity index (χ2v) is 11.6. The Labute approximate surface area is 248 Å². The lowest BCUT2D eigenvalue weighted by Crippen LogP contribution is -2.36. The van der Waals surface area contributed by atoms with Crippen LogP contribution in [-0.4, -0.2) is 38.2 Å². The monoisotopic (exact) mass is 561 g/mol. The number of ether oxygens (including phenoxy) is 1. The number of morpholine rings is 1. The van der Waals surface area contributed by atoms with Crippen molar-refractivity contribution in [3.63, 3.8) is 0 Å². The summed E-state index contributed by atoms with van der Waals surface area (Å²) in [5.41, 5.74) is 12.7. The predicted octanol–water partition coefficient (Wildman–Crippen LogP) is 7.39. The fraction of sp³-hybridized carbons (Fsp3) is 0.257. The Kier molecular flexibility index (Phi) is 8.59. The number of benzene rings is 4. The van der Waals surface area contributed by atoms with E-state index in [-0.39, 0.29) is 5.41 Å². The molecule has 1 aliphatic rings. The van der Waals surface area contributed by atoms with Gasteiger partial charge in [0.2, 0.25) is 0 Å². The summed E-state index contributed by atoms with van der Waals surface area (Å²) >= 11 is 0. The molecule has 1 fully saturated rings. The van der Waals surface area contributed by atoms with Crippen LogP contribution in [0.3, 0.4) is 0 Å². The van der Waals surface area contributed by atoms with E-state index < -0.39 is 6.03 Å². The van der Waals surface area contributed by atoms with Crippen LogP contribution >= 0.6 is 0 Å². The van der Waals surface area contributed by atoms with E-state index >= 15 is 0 Å². The van der Waals surface area contributed by atoms with Gasteiger partial charge >= 0.3 is 6.03 Å². The first-order valence-corrected chi connectivity index (χ1v) is 14.3. The van der Waals surface area contributed by atoms with Gasteiger partial charge in [-0.3, -0.25) is 5.32 Å². The summed E-state index contributed by atoms with van der Waals surface area (Å²) in [6, 6.07) is 28.1. The predicted molar refractivity (Wildman–Crippen MR) is 175 cm³/mol. The third-order valence-corrected chi connectivity index (χ3v) is 7.39. The average Bonchev–Trinajstić information content (AvgIpc) is 2.98. The van der Waals surface area contributed by atoms with E-state index in [2.05, 4.69) is 56.9 Å². The van der Waals surface area contributed by atoms with E-state index in [9.17, 15) is 4.79 Å². The van der Waals surface area contributed by atoms with Crippen LogP contribution < -0.4 is 21.3 Å². The maximum absolute atomic E-state index is 13.3. The van der Waals surface area contributed by atoms with Gasteiger partial charge in [0, 0.05) is 41.4 Å². The number of fused-ring (bicyclic) bond motifs is 1. The molecule has 0 aromatic heterocycles. The van der Waals surface area contributed by atoms with Crippen molar-refractivity contribution >= 4 is 39.7 Å². The number of aryl methyl sites for hydroxylation is 1. The number of carbonyl (C=O) groups excluding carboxylic acids is 1. The molecule has 7 nitrogen and oxygen atoms in total. The molecule has 0 radical (unpaired) electrons. The smallest absolute Gasteiger partial charge is 0.324 e. The SMILES string of the molecule is Cc1ccc(N=C(/C=C(\N)C(C)(C)C)NC(=O)Nc2ccc(-c3cccc(N4CCOCC4)c3)c3ccccc23)cc1. The molecule has 0 unspecified atom stereocenters. The number of amides is 2. The van der Waals surface area contributed by atoms with Crippen molar-refractivity contribution in [3.8, 4) is 11.1 Å². The number of rotatable bonds is 5. The Morgan fingerprint density at radius 3 is 2.36 bits per heavy atom. The van der Waals surface area contributed by atoms with Crippen molar-refractivity contribution in [2.24, 2.45) is 16.1 Å². The molecule has 216 valence electrons. The van der Waals surface area contributed by atoms with E-state index in [1.54, 1.807) is 6.08 Å². The molecule has 4 N–H and O–H groups in total. The molecule has 4 aromatic carbocycles. The minimum absolute atomic E-state index is 0.280. The fourth-order valence-electron chi connectivity index (χ4n) is 4.84. The van der Waals surface area contributed by atoms with Gasteiger partial charge in [0.15, 0.2) is 0 Å². The minimum Gasteiger partial charge on any atom is -0.401 e. The Morgan fingerprint density at radius 2 is 1.64 bits per heavy atom. The number of amidine groups is 1. The summed E-state index contributed by atoms with van der Waals surface area (Å²) in [6.45, 7) is 11.3. The van der Waals surface area contributed by atoms with Gasteiger partial charge in [0.25, 0.3) is 0 Å². The van der Waals surface area contributed by atoms with Crippen LogP contribution in [0.2, 0.25) is 0 Å². The summed E-state index contributed by atoms with van der Waals surface area (Å²) in [6.07, 6.45) is 1.72. The number of urea groups is 1. The van der Waals surface area contributed by atoms with Crippen molar-refractivity contribution in [1.29, 1.82) is 0 Å². The molecule has 5 rings (SSSR count). The van der Waals surface area contributed by atoms with Crippen LogP contribution in [0.1, 0.15) is 26.3 Å². The second kappa shape index (κ2) is 12.5. The van der Waals surface area contributed by atoms with E-state index in [1.807, 2.05) is 76.2 Å². The highest BCUT2D eigenvalue weighted by atomic mass is 16.5. The molecular formula is C35H39N5O2. The van der Waals surface area contributed by atoms with Gasteiger partial charge < -0.3 is 20.7 Å². The van der Waals surface area contributed by atoms with Gasteiger partial charge in [-0.15, -0.1) is 0 Å². The number of nitrogens with zero attached hydrogens (tertiary/aromatic N) is 2. The molecule has 0 spiro atoms. The van der Waals surface area contributed by atoms with Gasteiger partial charge in [-0.1, -0.05) is 80.9 Å². The summed E-state index contributed by atoms with van der Waals surface area (Å²) < 4.78 is 5.53. The lowest BCUT2D eigenvalue weighted by Gasteiger charge is -2.29. The molecule has 0 bridgehead atoms. The van der Waals surface area contributed by atoms with Gasteiger partial charge in [-0.05, 0) is 53.8 Å². The normalized spacial score (nSPS) is 14.6. The molecule has 0 aliphatic carbocycles. The molecular weight excluding hydrogens is 522 g/mol. The number of hydrogen-bond donors (Lipinski definition) is 3. The molecule has 0 atom stereocenters. The molecule has 0 saturated carbocycles. The number of aliphatic imine (C=N–C) groups is 1. The zero-order valence-electron chi connectivity index (χ0n) is 24.8. The molecule has 4 aromatic rings. The topological polar surface area (TPSA) is 92.0 Å². The van der Waals surface area contributed by atoms with E-state index in [0.29, 0.717) is 17.2 Å². The molecule has 2 amide bonds. The Balaban J connectivity index is 1.43. The maximum Gasteiger partial charge on any atom is 0.324 e. The maximum atomic E-state index is 13.3. The van der Waals surface area contributed by atoms with E-state index in [1.165, 1.54) is 5.69 Å².